The van der Waals surface area contributed by atoms with Gasteiger partial charge in [-0.2, -0.15) is 0 Å². The number of H-pyrrole nitrogens is 2. The first-order valence-electron chi connectivity index (χ1n) is 4.88. The molecule has 0 radical (unpaired) electrons. The molecule has 6 heteroatoms. The van der Waals surface area contributed by atoms with Crippen LogP contribution in [0.3, 0.4) is 0 Å². The Labute approximate surface area is 90.2 Å². The first kappa shape index (κ1) is 8.84. The fourth-order valence-corrected chi connectivity index (χ4v) is 1.99. The van der Waals surface area contributed by atoms with Gasteiger partial charge in [0.25, 0.3) is 0 Å². The third-order valence-corrected chi connectivity index (χ3v) is 2.88. The molecule has 0 atom stereocenters. The van der Waals surface area contributed by atoms with Crippen molar-refractivity contribution in [3.8, 4) is 0 Å². The lowest BCUT2D eigenvalue weighted by atomic mass is 10.4. The van der Waals surface area contributed by atoms with Crippen LogP contribution in [0.1, 0.15) is 30.3 Å². The van der Waals surface area contributed by atoms with Crippen LogP contribution in [0.2, 0.25) is 0 Å². The van der Waals surface area contributed by atoms with Crippen LogP contribution in [-0.2, 0) is 0 Å². The number of rotatable bonds is 1. The van der Waals surface area contributed by atoms with Crippen molar-refractivity contribution in [2.24, 2.45) is 0 Å². The van der Waals surface area contributed by atoms with Gasteiger partial charge in [-0.25, -0.2) is 14.2 Å². The van der Waals surface area contributed by atoms with Crippen LogP contribution in [0.25, 0.3) is 5.65 Å². The molecule has 2 heterocycles. The lowest BCUT2D eigenvalue weighted by molar-refractivity contribution is 0.845. The van der Waals surface area contributed by atoms with E-state index in [0.717, 1.165) is 24.4 Å². The number of aromatic nitrogens is 4. The highest BCUT2D eigenvalue weighted by atomic mass is 32.1. The minimum Gasteiger partial charge on any atom is -0.316 e. The van der Waals surface area contributed by atoms with Crippen LogP contribution < -0.4 is 5.69 Å². The van der Waals surface area contributed by atoms with E-state index in [0.29, 0.717) is 16.3 Å². The van der Waals surface area contributed by atoms with Gasteiger partial charge in [0, 0.05) is 5.92 Å². The van der Waals surface area contributed by atoms with E-state index in [2.05, 4.69) is 15.0 Å². The van der Waals surface area contributed by atoms with E-state index in [9.17, 15) is 4.79 Å². The summed E-state index contributed by atoms with van der Waals surface area (Å²) in [5.74, 6) is 1.30. The Kier molecular flexibility index (Phi) is 1.64. The summed E-state index contributed by atoms with van der Waals surface area (Å²) in [6, 6.07) is 0. The third kappa shape index (κ3) is 1.25. The van der Waals surface area contributed by atoms with Gasteiger partial charge in [-0.15, -0.1) is 0 Å². The van der Waals surface area contributed by atoms with Gasteiger partial charge in [0.05, 0.1) is 5.69 Å². The van der Waals surface area contributed by atoms with Gasteiger partial charge < -0.3 is 4.98 Å². The maximum atomic E-state index is 11.7. The molecule has 2 aromatic heterocycles. The molecule has 15 heavy (non-hydrogen) atoms. The Morgan fingerprint density at radius 2 is 2.20 bits per heavy atom. The van der Waals surface area contributed by atoms with Gasteiger partial charge in [-0.05, 0) is 32.0 Å². The SMILES string of the molecule is Cc1nc(C2CC2)n2c(=O)[nH]c(=S)[nH]c12. The molecule has 1 fully saturated rings. The van der Waals surface area contributed by atoms with Crippen LogP contribution in [-0.4, -0.2) is 19.4 Å². The Balaban J connectivity index is 2.49. The Hall–Kier alpha value is -1.43. The minimum absolute atomic E-state index is 0.198. The maximum Gasteiger partial charge on any atom is 0.334 e. The van der Waals surface area contributed by atoms with Crippen molar-refractivity contribution in [1.82, 2.24) is 19.4 Å². The van der Waals surface area contributed by atoms with E-state index in [1.807, 2.05) is 6.92 Å². The Morgan fingerprint density at radius 1 is 1.47 bits per heavy atom. The van der Waals surface area contributed by atoms with E-state index in [-0.39, 0.29) is 5.69 Å². The molecular weight excluding hydrogens is 212 g/mol. The van der Waals surface area contributed by atoms with Gasteiger partial charge in [0.15, 0.2) is 4.77 Å². The summed E-state index contributed by atoms with van der Waals surface area (Å²) in [5, 5.41) is 0. The zero-order valence-corrected chi connectivity index (χ0v) is 9.02. The fraction of sp³-hybridized carbons (Fsp3) is 0.444. The molecule has 78 valence electrons. The summed E-state index contributed by atoms with van der Waals surface area (Å²) >= 11 is 4.92. The molecule has 1 saturated carbocycles. The summed E-state index contributed by atoms with van der Waals surface area (Å²) in [4.78, 5) is 21.7. The number of aryl methyl sites for hydroxylation is 1. The monoisotopic (exact) mass is 222 g/mol. The first-order chi connectivity index (χ1) is 7.16. The number of nitrogens with zero attached hydrogens (tertiary/aromatic N) is 2. The molecular formula is C9H10N4OS. The number of fused-ring (bicyclic) bond motifs is 1. The van der Waals surface area contributed by atoms with Gasteiger partial charge in [0.2, 0.25) is 0 Å². The molecule has 0 aromatic carbocycles. The highest BCUT2D eigenvalue weighted by Gasteiger charge is 2.29. The first-order valence-corrected chi connectivity index (χ1v) is 5.29. The number of imidazole rings is 1. The molecule has 3 rings (SSSR count). The van der Waals surface area contributed by atoms with E-state index < -0.39 is 0 Å². The second-order valence-electron chi connectivity index (χ2n) is 3.90. The smallest absolute Gasteiger partial charge is 0.316 e. The van der Waals surface area contributed by atoms with Crippen molar-refractivity contribution in [1.29, 1.82) is 0 Å². The minimum atomic E-state index is -0.198. The Bertz CT molecular complexity index is 646. The van der Waals surface area contributed by atoms with Crippen molar-refractivity contribution in [2.75, 3.05) is 0 Å². The number of hydrogen-bond donors (Lipinski definition) is 2. The summed E-state index contributed by atoms with van der Waals surface area (Å²) in [5.41, 5.74) is 1.34. The molecule has 5 nitrogen and oxygen atoms in total. The molecule has 1 aliphatic rings. The van der Waals surface area contributed by atoms with Crippen molar-refractivity contribution in [3.05, 3.63) is 26.8 Å². The molecule has 2 aromatic rings. The van der Waals surface area contributed by atoms with E-state index >= 15 is 0 Å². The Morgan fingerprint density at radius 3 is 2.87 bits per heavy atom. The third-order valence-electron chi connectivity index (χ3n) is 2.68. The largest absolute Gasteiger partial charge is 0.334 e. The molecule has 0 bridgehead atoms. The molecule has 0 amide bonds. The zero-order chi connectivity index (χ0) is 10.6. The predicted octanol–water partition coefficient (Wildman–Crippen LogP) is 1.27. The molecule has 1 aliphatic carbocycles. The van der Waals surface area contributed by atoms with Gasteiger partial charge >= 0.3 is 5.69 Å². The van der Waals surface area contributed by atoms with Crippen LogP contribution in [0, 0.1) is 11.7 Å². The molecule has 2 N–H and O–H groups in total. The lowest BCUT2D eigenvalue weighted by Gasteiger charge is -1.96. The van der Waals surface area contributed by atoms with Gasteiger partial charge in [-0.3, -0.25) is 4.98 Å². The normalized spacial score (nSPS) is 16.1. The van der Waals surface area contributed by atoms with Crippen LogP contribution >= 0.6 is 12.2 Å². The van der Waals surface area contributed by atoms with E-state index in [1.165, 1.54) is 0 Å². The molecule has 0 saturated heterocycles. The van der Waals surface area contributed by atoms with E-state index in [4.69, 9.17) is 12.2 Å². The summed E-state index contributed by atoms with van der Waals surface area (Å²) < 4.78 is 1.95. The number of nitrogens with one attached hydrogen (secondary N) is 2. The van der Waals surface area contributed by atoms with Crippen molar-refractivity contribution in [3.63, 3.8) is 0 Å². The second-order valence-corrected chi connectivity index (χ2v) is 4.31. The zero-order valence-electron chi connectivity index (χ0n) is 8.20. The standard InChI is InChI=1S/C9H10N4OS/c1-4-6-11-8(15)12-9(14)13(6)7(10-4)5-2-3-5/h5H,2-3H2,1H3,(H2,11,12,14,15). The van der Waals surface area contributed by atoms with E-state index in [1.54, 1.807) is 4.40 Å². The summed E-state index contributed by atoms with van der Waals surface area (Å²) in [6.07, 6.45) is 2.24. The topological polar surface area (TPSA) is 66.0 Å². The fourth-order valence-electron chi connectivity index (χ4n) is 1.81. The quantitative estimate of drug-likeness (QED) is 0.714. The van der Waals surface area contributed by atoms with Crippen LogP contribution in [0.15, 0.2) is 4.79 Å². The van der Waals surface area contributed by atoms with Gasteiger partial charge in [-0.1, -0.05) is 0 Å². The molecule has 0 unspecified atom stereocenters. The van der Waals surface area contributed by atoms with Crippen LogP contribution in [0.4, 0.5) is 0 Å². The highest BCUT2D eigenvalue weighted by molar-refractivity contribution is 7.71. The van der Waals surface area contributed by atoms with Crippen molar-refractivity contribution in [2.45, 2.75) is 25.7 Å². The average molecular weight is 222 g/mol. The number of aromatic amines is 2. The second kappa shape index (κ2) is 2.79. The highest BCUT2D eigenvalue weighted by Crippen LogP contribution is 2.39. The maximum absolute atomic E-state index is 11.7. The molecule has 0 aliphatic heterocycles. The predicted molar refractivity (Wildman–Crippen MR) is 57.7 cm³/mol. The van der Waals surface area contributed by atoms with Gasteiger partial charge in [0.1, 0.15) is 11.5 Å². The number of hydrogen-bond acceptors (Lipinski definition) is 3. The lowest BCUT2D eigenvalue weighted by Crippen LogP contribution is -2.19. The van der Waals surface area contributed by atoms with Crippen molar-refractivity contribution < 1.29 is 0 Å². The van der Waals surface area contributed by atoms with Crippen molar-refractivity contribution >= 4 is 17.9 Å². The average Bonchev–Trinajstić information content (AvgIpc) is 2.93. The molecule has 0 spiro atoms. The van der Waals surface area contributed by atoms with Crippen LogP contribution in [0.5, 0.6) is 0 Å². The summed E-state index contributed by atoms with van der Waals surface area (Å²) in [6.45, 7) is 1.88. The summed E-state index contributed by atoms with van der Waals surface area (Å²) in [7, 11) is 0.